The van der Waals surface area contributed by atoms with E-state index in [4.69, 9.17) is 14.6 Å². The Bertz CT molecular complexity index is 1060. The third-order valence-corrected chi connectivity index (χ3v) is 6.66. The zero-order chi connectivity index (χ0) is 24.8. The van der Waals surface area contributed by atoms with Crippen LogP contribution in [0.5, 0.6) is 5.75 Å². The van der Waals surface area contributed by atoms with Crippen molar-refractivity contribution >= 4 is 17.6 Å². The van der Waals surface area contributed by atoms with Crippen LogP contribution in [0, 0.1) is 12.8 Å². The largest absolute Gasteiger partial charge is 0.494 e. The Morgan fingerprint density at radius 2 is 1.77 bits per heavy atom. The van der Waals surface area contributed by atoms with Crippen molar-refractivity contribution in [2.75, 3.05) is 32.8 Å². The smallest absolute Gasteiger partial charge is 0.309 e. The second kappa shape index (κ2) is 11.5. The van der Waals surface area contributed by atoms with E-state index in [2.05, 4.69) is 30.0 Å². The van der Waals surface area contributed by atoms with E-state index < -0.39 is 0 Å². The number of hydrogen-bond acceptors (Lipinski definition) is 6. The van der Waals surface area contributed by atoms with E-state index in [0.29, 0.717) is 45.6 Å². The van der Waals surface area contributed by atoms with Gasteiger partial charge in [0.2, 0.25) is 0 Å². The van der Waals surface area contributed by atoms with Crippen molar-refractivity contribution < 1.29 is 19.1 Å². The molecule has 4 rings (SSSR count). The number of aryl methyl sites for hydroxylation is 1. The number of benzene rings is 2. The first-order chi connectivity index (χ1) is 17.0. The molecule has 2 aromatic carbocycles. The maximum atomic E-state index is 13.5. The summed E-state index contributed by atoms with van der Waals surface area (Å²) in [6.45, 7) is 8.55. The van der Waals surface area contributed by atoms with E-state index in [1.54, 1.807) is 5.01 Å². The quantitative estimate of drug-likeness (QED) is 0.529. The van der Waals surface area contributed by atoms with Crippen LogP contribution in [0.1, 0.15) is 55.8 Å². The van der Waals surface area contributed by atoms with Crippen molar-refractivity contribution in [1.29, 1.82) is 0 Å². The average molecular weight is 478 g/mol. The maximum absolute atomic E-state index is 13.5. The summed E-state index contributed by atoms with van der Waals surface area (Å²) >= 11 is 0. The van der Waals surface area contributed by atoms with Crippen molar-refractivity contribution in [3.05, 3.63) is 65.2 Å². The van der Waals surface area contributed by atoms with Gasteiger partial charge >= 0.3 is 5.97 Å². The van der Waals surface area contributed by atoms with Crippen LogP contribution < -0.4 is 4.74 Å². The van der Waals surface area contributed by atoms with Crippen LogP contribution in [0.15, 0.2) is 53.6 Å². The molecule has 0 aliphatic carbocycles. The number of esters is 1. The highest BCUT2D eigenvalue weighted by Gasteiger charge is 2.35. The van der Waals surface area contributed by atoms with Gasteiger partial charge in [0, 0.05) is 6.42 Å². The van der Waals surface area contributed by atoms with E-state index in [1.165, 1.54) is 0 Å². The van der Waals surface area contributed by atoms with E-state index in [0.717, 1.165) is 28.2 Å². The third kappa shape index (κ3) is 6.09. The lowest BCUT2D eigenvalue weighted by molar-refractivity contribution is -0.149. The fourth-order valence-electron chi connectivity index (χ4n) is 4.80. The van der Waals surface area contributed by atoms with Gasteiger partial charge in [-0.3, -0.25) is 14.5 Å². The molecule has 0 bridgehead atoms. The molecule has 0 radical (unpaired) electrons. The predicted octanol–water partition coefficient (Wildman–Crippen LogP) is 4.35. The number of ether oxygens (including phenoxy) is 2. The first kappa shape index (κ1) is 24.9. The summed E-state index contributed by atoms with van der Waals surface area (Å²) in [5.74, 6) is 0.592. The van der Waals surface area contributed by atoms with Gasteiger partial charge in [-0.15, -0.1) is 0 Å². The van der Waals surface area contributed by atoms with Gasteiger partial charge in [-0.25, -0.2) is 5.01 Å². The molecule has 0 aromatic heterocycles. The Hall–Kier alpha value is -3.19. The molecule has 35 heavy (non-hydrogen) atoms. The van der Waals surface area contributed by atoms with Gasteiger partial charge < -0.3 is 9.47 Å². The minimum Gasteiger partial charge on any atom is -0.494 e. The monoisotopic (exact) mass is 477 g/mol. The second-order valence-corrected chi connectivity index (χ2v) is 9.18. The number of nitrogens with zero attached hydrogens (tertiary/aromatic N) is 3. The fraction of sp³-hybridized carbons (Fsp3) is 0.464. The minimum atomic E-state index is -0.161. The molecular formula is C28H35N3O4. The van der Waals surface area contributed by atoms with Crippen LogP contribution in [-0.2, 0) is 14.3 Å². The molecule has 7 heteroatoms. The lowest BCUT2D eigenvalue weighted by Gasteiger charge is -2.32. The number of piperidine rings is 1. The van der Waals surface area contributed by atoms with Gasteiger partial charge in [-0.2, -0.15) is 5.10 Å². The molecule has 186 valence electrons. The molecule has 7 nitrogen and oxygen atoms in total. The first-order valence-corrected chi connectivity index (χ1v) is 12.6. The van der Waals surface area contributed by atoms with E-state index in [9.17, 15) is 9.59 Å². The van der Waals surface area contributed by atoms with E-state index >= 15 is 0 Å². The molecule has 2 heterocycles. The second-order valence-electron chi connectivity index (χ2n) is 9.18. The average Bonchev–Trinajstić information content (AvgIpc) is 3.31. The number of amides is 1. The molecule has 1 amide bonds. The number of rotatable bonds is 8. The summed E-state index contributed by atoms with van der Waals surface area (Å²) in [6.07, 6.45) is 2.09. The lowest BCUT2D eigenvalue weighted by Crippen LogP contribution is -2.43. The molecule has 0 saturated carbocycles. The van der Waals surface area contributed by atoms with Crippen LogP contribution in [0.3, 0.4) is 0 Å². The number of carbonyl (C=O) groups excluding carboxylic acids is 2. The molecule has 2 aromatic rings. The Morgan fingerprint density at radius 1 is 1.03 bits per heavy atom. The highest BCUT2D eigenvalue weighted by atomic mass is 16.5. The first-order valence-electron chi connectivity index (χ1n) is 12.6. The third-order valence-electron chi connectivity index (χ3n) is 6.66. The Kier molecular flexibility index (Phi) is 8.18. The van der Waals surface area contributed by atoms with Crippen molar-refractivity contribution in [2.24, 2.45) is 11.0 Å². The van der Waals surface area contributed by atoms with Gasteiger partial charge in [0.1, 0.15) is 5.75 Å². The Labute approximate surface area is 207 Å². The molecule has 1 atom stereocenters. The Balaban J connectivity index is 1.49. The number of carbonyl (C=O) groups is 2. The number of hydrogen-bond donors (Lipinski definition) is 0. The maximum Gasteiger partial charge on any atom is 0.309 e. The van der Waals surface area contributed by atoms with Gasteiger partial charge in [0.25, 0.3) is 5.91 Å². The standard InChI is InChI=1S/C28H35N3O4/c1-4-34-24-11-9-21(10-12-24)26-18-25(23-8-6-7-20(3)17-23)29-31(26)27(32)19-30-15-13-22(14-16-30)28(33)35-5-2/h6-12,17,22,26H,4-5,13-16,18-19H2,1-3H3/t26-/m0/s1. The highest BCUT2D eigenvalue weighted by Crippen LogP contribution is 2.34. The van der Waals surface area contributed by atoms with Gasteiger partial charge in [-0.1, -0.05) is 42.0 Å². The molecule has 1 saturated heterocycles. The summed E-state index contributed by atoms with van der Waals surface area (Å²) in [5.41, 5.74) is 4.17. The molecule has 2 aliphatic heterocycles. The van der Waals surface area contributed by atoms with Crippen LogP contribution >= 0.6 is 0 Å². The Morgan fingerprint density at radius 3 is 2.43 bits per heavy atom. The zero-order valence-corrected chi connectivity index (χ0v) is 20.9. The van der Waals surface area contributed by atoms with Crippen LogP contribution in [-0.4, -0.2) is 60.3 Å². The molecule has 1 fully saturated rings. The molecule has 0 N–H and O–H groups in total. The SMILES string of the molecule is CCOC(=O)C1CCN(CC(=O)N2N=C(c3cccc(C)c3)C[C@H]2c2ccc(OCC)cc2)CC1. The fourth-order valence-corrected chi connectivity index (χ4v) is 4.80. The normalized spacial score (nSPS) is 18.9. The summed E-state index contributed by atoms with van der Waals surface area (Å²) in [7, 11) is 0. The highest BCUT2D eigenvalue weighted by molar-refractivity contribution is 6.03. The van der Waals surface area contributed by atoms with E-state index in [1.807, 2.05) is 44.2 Å². The van der Waals surface area contributed by atoms with E-state index in [-0.39, 0.29) is 30.4 Å². The summed E-state index contributed by atoms with van der Waals surface area (Å²) in [6, 6.07) is 16.0. The van der Waals surface area contributed by atoms with Crippen LogP contribution in [0.25, 0.3) is 0 Å². The van der Waals surface area contributed by atoms with Crippen LogP contribution in [0.2, 0.25) is 0 Å². The zero-order valence-electron chi connectivity index (χ0n) is 20.9. The van der Waals surface area contributed by atoms with Crippen molar-refractivity contribution in [2.45, 2.75) is 46.1 Å². The predicted molar refractivity (Wildman–Crippen MR) is 135 cm³/mol. The summed E-state index contributed by atoms with van der Waals surface area (Å²) < 4.78 is 10.8. The van der Waals surface area contributed by atoms with Crippen molar-refractivity contribution in [1.82, 2.24) is 9.91 Å². The van der Waals surface area contributed by atoms with Gasteiger partial charge in [0.05, 0.1) is 37.4 Å². The molecular weight excluding hydrogens is 442 g/mol. The van der Waals surface area contributed by atoms with Gasteiger partial charge in [0.15, 0.2) is 0 Å². The van der Waals surface area contributed by atoms with Crippen LogP contribution in [0.4, 0.5) is 0 Å². The van der Waals surface area contributed by atoms with Crippen molar-refractivity contribution in [3.63, 3.8) is 0 Å². The topological polar surface area (TPSA) is 71.4 Å². The molecule has 0 spiro atoms. The lowest BCUT2D eigenvalue weighted by atomic mass is 9.96. The minimum absolute atomic E-state index is 0.0267. The summed E-state index contributed by atoms with van der Waals surface area (Å²) in [5, 5.41) is 6.47. The van der Waals surface area contributed by atoms with Crippen molar-refractivity contribution in [3.8, 4) is 5.75 Å². The number of likely N-dealkylation sites (tertiary alicyclic amines) is 1. The summed E-state index contributed by atoms with van der Waals surface area (Å²) in [4.78, 5) is 27.7. The van der Waals surface area contributed by atoms with Gasteiger partial charge in [-0.05, 0) is 70.0 Å². The molecule has 2 aliphatic rings. The molecule has 0 unspecified atom stereocenters. The number of hydrazone groups is 1.